The Morgan fingerprint density at radius 1 is 1.27 bits per heavy atom. The summed E-state index contributed by atoms with van der Waals surface area (Å²) >= 11 is -4.26. The molecule has 0 fully saturated rings. The predicted molar refractivity (Wildman–Crippen MR) is 40.5 cm³/mol. The van der Waals surface area contributed by atoms with Crippen LogP contribution in [0.2, 0.25) is 19.6 Å². The molecular weight excluding hydrogens is 200 g/mol. The third kappa shape index (κ3) is 7.14. The molecule has 6 heteroatoms. The Labute approximate surface area is 73.5 Å². The van der Waals surface area contributed by atoms with Crippen molar-refractivity contribution in [1.29, 1.82) is 0 Å². The summed E-state index contributed by atoms with van der Waals surface area (Å²) in [7, 11) is -1.87. The second kappa shape index (κ2) is 4.13. The van der Waals surface area contributed by atoms with E-state index in [0.29, 0.717) is 0 Å². The Hall–Kier alpha value is 0.771. The van der Waals surface area contributed by atoms with E-state index in [1.807, 2.05) is 19.6 Å². The van der Waals surface area contributed by atoms with Crippen LogP contribution in [0.4, 0.5) is 0 Å². The summed E-state index contributed by atoms with van der Waals surface area (Å²) in [6, 6.07) is 0. The molecule has 0 unspecified atom stereocenters. The molecule has 68 valence electrons. The van der Waals surface area contributed by atoms with Crippen molar-refractivity contribution in [2.24, 2.45) is 0 Å². The average molecular weight is 216 g/mol. The molecule has 11 heavy (non-hydrogen) atoms. The van der Waals surface area contributed by atoms with Crippen LogP contribution < -0.4 is 0 Å². The van der Waals surface area contributed by atoms with Crippen molar-refractivity contribution in [3.05, 3.63) is 0 Å². The Morgan fingerprint density at radius 3 is 2.00 bits per heavy atom. The fourth-order valence-electron chi connectivity index (χ4n) is 0.616. The van der Waals surface area contributed by atoms with Crippen LogP contribution in [0.5, 0.6) is 0 Å². The quantitative estimate of drug-likeness (QED) is 0.678. The Bertz CT molecular complexity index is 122. The first-order chi connectivity index (χ1) is 4.77. The molecule has 0 atom stereocenters. The van der Waals surface area contributed by atoms with Gasteiger partial charge >= 0.3 is 73.3 Å². The molecule has 4 nitrogen and oxygen atoms in total. The summed E-state index contributed by atoms with van der Waals surface area (Å²) in [5, 5.41) is 0. The van der Waals surface area contributed by atoms with Crippen molar-refractivity contribution < 1.29 is 31.8 Å². The van der Waals surface area contributed by atoms with Crippen molar-refractivity contribution in [2.45, 2.75) is 26.6 Å². The Morgan fingerprint density at radius 2 is 1.73 bits per heavy atom. The van der Waals surface area contributed by atoms with Crippen molar-refractivity contribution in [1.82, 2.24) is 0 Å². The van der Waals surface area contributed by atoms with Crippen LogP contribution in [-0.4, -0.2) is 22.3 Å². The van der Waals surface area contributed by atoms with Gasteiger partial charge in [-0.2, -0.15) is 0 Å². The van der Waals surface area contributed by atoms with Gasteiger partial charge < -0.3 is 0 Å². The molecule has 0 aromatic carbocycles. The van der Waals surface area contributed by atoms with Crippen LogP contribution in [0.25, 0.3) is 0 Å². The van der Waals surface area contributed by atoms with E-state index in [1.54, 1.807) is 6.92 Å². The van der Waals surface area contributed by atoms with Crippen LogP contribution in [0.3, 0.4) is 0 Å². The molecular formula is C5H16O4SiTi. The second-order valence-electron chi connectivity index (χ2n) is 3.20. The maximum atomic E-state index is 9.18. The number of hydrogen-bond donors (Lipinski definition) is 2. The SMILES string of the molecule is CC[O][Ti]([OH])([OH])[O][Si](C)(C)C. The predicted octanol–water partition coefficient (Wildman–Crippen LogP) is 0.673. The zero-order chi connectivity index (χ0) is 9.12. The van der Waals surface area contributed by atoms with E-state index in [1.165, 1.54) is 0 Å². The van der Waals surface area contributed by atoms with Crippen LogP contribution in [0.1, 0.15) is 6.92 Å². The van der Waals surface area contributed by atoms with Crippen LogP contribution in [0, 0.1) is 0 Å². The molecule has 0 aromatic rings. The Balaban J connectivity index is 3.91. The third-order valence-corrected chi connectivity index (χ3v) is 6.80. The normalized spacial score (nSPS) is 13.6. The van der Waals surface area contributed by atoms with Crippen molar-refractivity contribution in [2.75, 3.05) is 6.61 Å². The van der Waals surface area contributed by atoms with E-state index >= 15 is 0 Å². The van der Waals surface area contributed by atoms with Gasteiger partial charge in [-0.3, -0.25) is 0 Å². The van der Waals surface area contributed by atoms with Gasteiger partial charge in [-0.25, -0.2) is 0 Å². The summed E-state index contributed by atoms with van der Waals surface area (Å²) < 4.78 is 28.2. The van der Waals surface area contributed by atoms with Crippen LogP contribution in [0.15, 0.2) is 0 Å². The summed E-state index contributed by atoms with van der Waals surface area (Å²) in [5.74, 6) is 0. The van der Waals surface area contributed by atoms with Crippen LogP contribution in [-0.2, 0) is 24.5 Å². The van der Waals surface area contributed by atoms with E-state index in [9.17, 15) is 7.38 Å². The van der Waals surface area contributed by atoms with Crippen molar-refractivity contribution in [3.8, 4) is 0 Å². The molecule has 0 saturated heterocycles. The van der Waals surface area contributed by atoms with Gasteiger partial charge in [0.25, 0.3) is 0 Å². The summed E-state index contributed by atoms with van der Waals surface area (Å²) in [4.78, 5) is 0. The number of rotatable bonds is 4. The molecule has 0 aliphatic heterocycles. The van der Waals surface area contributed by atoms with E-state index in [4.69, 9.17) is 6.33 Å². The second-order valence-corrected chi connectivity index (χ2v) is 10.7. The van der Waals surface area contributed by atoms with Gasteiger partial charge in [0.15, 0.2) is 0 Å². The Kier molecular flexibility index (Phi) is 4.42. The summed E-state index contributed by atoms with van der Waals surface area (Å²) in [5.41, 5.74) is 0. The molecule has 0 spiro atoms. The van der Waals surface area contributed by atoms with Gasteiger partial charge in [0.05, 0.1) is 0 Å². The minimum atomic E-state index is -4.26. The molecule has 0 saturated carbocycles. The van der Waals surface area contributed by atoms with Gasteiger partial charge in [-0.15, -0.1) is 0 Å². The fraction of sp³-hybridized carbons (Fsp3) is 1.00. The topological polar surface area (TPSA) is 58.9 Å². The van der Waals surface area contributed by atoms with Gasteiger partial charge in [-0.1, -0.05) is 0 Å². The zero-order valence-corrected chi connectivity index (χ0v) is 9.98. The first-order valence-corrected chi connectivity index (χ1v) is 9.64. The van der Waals surface area contributed by atoms with Gasteiger partial charge in [0, 0.05) is 0 Å². The molecule has 0 aliphatic carbocycles. The van der Waals surface area contributed by atoms with Crippen LogP contribution >= 0.6 is 0 Å². The van der Waals surface area contributed by atoms with E-state index in [-0.39, 0.29) is 6.61 Å². The first kappa shape index (κ1) is 11.8. The molecule has 0 bridgehead atoms. The molecule has 0 aromatic heterocycles. The third-order valence-electron chi connectivity index (χ3n) is 0.772. The van der Waals surface area contributed by atoms with E-state index < -0.39 is 26.5 Å². The van der Waals surface area contributed by atoms with Crippen molar-refractivity contribution in [3.63, 3.8) is 0 Å². The monoisotopic (exact) mass is 216 g/mol. The summed E-state index contributed by atoms with van der Waals surface area (Å²) in [6.07, 6.45) is 0. The first-order valence-electron chi connectivity index (χ1n) is 3.56. The minimum absolute atomic E-state index is 0.289. The molecule has 0 aliphatic rings. The van der Waals surface area contributed by atoms with E-state index in [0.717, 1.165) is 0 Å². The molecule has 0 heterocycles. The van der Waals surface area contributed by atoms with Gasteiger partial charge in [0.2, 0.25) is 0 Å². The zero-order valence-electron chi connectivity index (χ0n) is 7.42. The molecule has 2 N–H and O–H groups in total. The molecule has 0 rings (SSSR count). The molecule has 0 amide bonds. The standard InChI is InChI=1S/C3H9OSi.C2H5O.2H2O.Ti/c1-5(2,3)4;1-2-3;;;/h1-3H3;2H2,1H3;2*1H2;/q2*-1;;;+4/p-2. The molecule has 0 radical (unpaired) electrons. The van der Waals surface area contributed by atoms with Gasteiger partial charge in [0.1, 0.15) is 0 Å². The number of hydrogen-bond acceptors (Lipinski definition) is 4. The fourth-order valence-corrected chi connectivity index (χ4v) is 6.07. The van der Waals surface area contributed by atoms with E-state index in [2.05, 4.69) is 0 Å². The van der Waals surface area contributed by atoms with Crippen molar-refractivity contribution >= 4 is 8.32 Å². The maximum absolute atomic E-state index is 9.18. The van der Waals surface area contributed by atoms with Gasteiger partial charge in [-0.05, 0) is 0 Å². The average Bonchev–Trinajstić information content (AvgIpc) is 1.55. The summed E-state index contributed by atoms with van der Waals surface area (Å²) in [6.45, 7) is 7.66.